The van der Waals surface area contributed by atoms with E-state index in [1.165, 1.54) is 10.5 Å². The van der Waals surface area contributed by atoms with Gasteiger partial charge in [0.1, 0.15) is 5.70 Å². The van der Waals surface area contributed by atoms with E-state index in [9.17, 15) is 19.8 Å². The third-order valence-corrected chi connectivity index (χ3v) is 8.07. The van der Waals surface area contributed by atoms with Crippen molar-refractivity contribution in [2.75, 3.05) is 6.54 Å². The average molecular weight is 468 g/mol. The van der Waals surface area contributed by atoms with Crippen molar-refractivity contribution in [1.29, 1.82) is 0 Å². The van der Waals surface area contributed by atoms with Crippen molar-refractivity contribution in [2.24, 2.45) is 17.6 Å². The van der Waals surface area contributed by atoms with E-state index < -0.39 is 18.0 Å². The minimum absolute atomic E-state index is 0. The van der Waals surface area contributed by atoms with Crippen LogP contribution >= 0.6 is 24.2 Å². The van der Waals surface area contributed by atoms with Crippen molar-refractivity contribution in [1.82, 2.24) is 10.2 Å². The summed E-state index contributed by atoms with van der Waals surface area (Å²) >= 11 is 1.57. The number of nitrogens with one attached hydrogen (secondary N) is 1. The van der Waals surface area contributed by atoms with E-state index in [0.29, 0.717) is 0 Å². The van der Waals surface area contributed by atoms with E-state index in [1.807, 2.05) is 13.8 Å². The van der Waals surface area contributed by atoms with E-state index in [-0.39, 0.29) is 53.3 Å². The van der Waals surface area contributed by atoms with Crippen LogP contribution in [0.25, 0.3) is 0 Å². The maximum Gasteiger partial charge on any atom is 0.353 e. The third-order valence-electron chi connectivity index (χ3n) is 6.56. The van der Waals surface area contributed by atoms with Crippen LogP contribution < -0.4 is 11.1 Å². The summed E-state index contributed by atoms with van der Waals surface area (Å²) in [6.45, 7) is 6.29. The minimum Gasteiger partial charge on any atom is -0.477 e. The first-order valence-corrected chi connectivity index (χ1v) is 11.3. The monoisotopic (exact) mass is 467 g/mol. The maximum absolute atomic E-state index is 12.5. The first-order chi connectivity index (χ1) is 14.2. The Bertz CT molecular complexity index is 889. The van der Waals surface area contributed by atoms with E-state index in [4.69, 9.17) is 5.73 Å². The predicted molar refractivity (Wildman–Crippen MR) is 123 cm³/mol. The number of β-lactam (4-membered cyclic amide) rings is 1. The lowest BCUT2D eigenvalue weighted by molar-refractivity contribution is -0.163. The molecule has 3 heterocycles. The highest BCUT2D eigenvalue weighted by atomic mass is 35.5. The lowest BCUT2D eigenvalue weighted by Crippen LogP contribution is -2.63. The minimum atomic E-state index is -1.07. The van der Waals surface area contributed by atoms with Crippen molar-refractivity contribution in [3.63, 3.8) is 0 Å². The van der Waals surface area contributed by atoms with E-state index in [1.54, 1.807) is 18.7 Å². The number of carboxylic acids is 1. The lowest BCUT2D eigenvalue weighted by Gasteiger charge is -2.46. The van der Waals surface area contributed by atoms with Crippen molar-refractivity contribution < 1.29 is 19.8 Å². The van der Waals surface area contributed by atoms with Gasteiger partial charge in [0, 0.05) is 34.7 Å². The molecule has 1 aromatic rings. The first-order valence-electron chi connectivity index (χ1n) is 10.4. The fourth-order valence-corrected chi connectivity index (χ4v) is 6.42. The molecule has 5 N–H and O–H groups in total. The number of carbonyl (C=O) groups is 2. The molecule has 0 radical (unpaired) electrons. The number of benzene rings is 1. The zero-order valence-corrected chi connectivity index (χ0v) is 19.5. The Morgan fingerprint density at radius 2 is 1.94 bits per heavy atom. The van der Waals surface area contributed by atoms with Gasteiger partial charge >= 0.3 is 5.97 Å². The second-order valence-electron chi connectivity index (χ2n) is 8.66. The van der Waals surface area contributed by atoms with Crippen molar-refractivity contribution in [3.05, 3.63) is 46.0 Å². The number of hydrogen-bond acceptors (Lipinski definition) is 6. The summed E-state index contributed by atoms with van der Waals surface area (Å²) in [5, 5.41) is 23.5. The second-order valence-corrected chi connectivity index (χ2v) is 10.0. The highest BCUT2D eigenvalue weighted by Crippen LogP contribution is 2.52. The molecule has 2 fully saturated rings. The molecule has 4 rings (SSSR count). The van der Waals surface area contributed by atoms with Crippen molar-refractivity contribution in [2.45, 2.75) is 56.7 Å². The topological polar surface area (TPSA) is 116 Å². The Labute approximate surface area is 192 Å². The number of thioether (sulfide) groups is 1. The third kappa shape index (κ3) is 4.12. The molecule has 0 unspecified atom stereocenters. The van der Waals surface area contributed by atoms with Gasteiger partial charge in [-0.2, -0.15) is 0 Å². The average Bonchev–Trinajstić information content (AvgIpc) is 3.24. The Morgan fingerprint density at radius 3 is 2.48 bits per heavy atom. The van der Waals surface area contributed by atoms with Gasteiger partial charge in [-0.1, -0.05) is 31.2 Å². The molecule has 0 saturated carbocycles. The normalized spacial score (nSPS) is 31.7. The Morgan fingerprint density at radius 1 is 1.29 bits per heavy atom. The molecule has 1 aromatic carbocycles. The van der Waals surface area contributed by atoms with E-state index >= 15 is 0 Å². The molecule has 31 heavy (non-hydrogen) atoms. The van der Waals surface area contributed by atoms with Crippen LogP contribution in [0.5, 0.6) is 0 Å². The SMILES string of the molecule is C[C@H](N)c1ccc([C@H]2C[C@H](SC3=C(C(=O)O)N4C(=O)[C@H]([C@@H](C)O)[C@H]4[C@H]3C)CN2)cc1.Cl. The first kappa shape index (κ1) is 24.1. The van der Waals surface area contributed by atoms with Crippen molar-refractivity contribution >= 4 is 36.0 Å². The predicted octanol–water partition coefficient (Wildman–Crippen LogP) is 2.42. The Hall–Kier alpha value is -1.58. The lowest BCUT2D eigenvalue weighted by atomic mass is 9.79. The number of rotatable bonds is 6. The van der Waals surface area contributed by atoms with Gasteiger partial charge in [-0.15, -0.1) is 24.2 Å². The second kappa shape index (κ2) is 9.11. The Balaban J connectivity index is 0.00000272. The van der Waals surface area contributed by atoms with E-state index in [0.717, 1.165) is 23.4 Å². The number of carboxylic acid groups (broad SMARTS) is 1. The van der Waals surface area contributed by atoms with Crippen LogP contribution in [-0.4, -0.2) is 50.9 Å². The summed E-state index contributed by atoms with van der Waals surface area (Å²) < 4.78 is 0. The number of fused-ring (bicyclic) bond motifs is 1. The number of hydrogen-bond donors (Lipinski definition) is 4. The summed E-state index contributed by atoms with van der Waals surface area (Å²) in [6.07, 6.45) is 0.0985. The van der Waals surface area contributed by atoms with Crippen LogP contribution in [0.1, 0.15) is 50.4 Å². The molecule has 7 nitrogen and oxygen atoms in total. The van der Waals surface area contributed by atoms with Crippen LogP contribution in [0.15, 0.2) is 34.9 Å². The quantitative estimate of drug-likeness (QED) is 0.475. The summed E-state index contributed by atoms with van der Waals surface area (Å²) in [7, 11) is 0. The molecule has 3 aliphatic rings. The number of carbonyl (C=O) groups excluding carboxylic acids is 1. The number of halogens is 1. The highest BCUT2D eigenvalue weighted by molar-refractivity contribution is 8.03. The van der Waals surface area contributed by atoms with Gasteiger partial charge in [-0.3, -0.25) is 4.79 Å². The summed E-state index contributed by atoms with van der Waals surface area (Å²) in [5.74, 6) is -1.97. The molecule has 0 aromatic heterocycles. The van der Waals surface area contributed by atoms with Crippen LogP contribution in [0.4, 0.5) is 0 Å². The molecule has 0 aliphatic carbocycles. The molecular formula is C22H30ClN3O4S. The van der Waals surface area contributed by atoms with Gasteiger partial charge in [0.15, 0.2) is 0 Å². The standard InChI is InChI=1S/C22H29N3O4S.ClH/c1-10-18-17(12(3)26)21(27)25(18)19(22(28)29)20(10)30-15-8-16(24-9-15)14-6-4-13(5-7-14)11(2)23;/h4-7,10-12,15-18,24,26H,8-9,23H2,1-3H3,(H,28,29);1H/t10-,11+,12-,15+,16-,17-,18-;/m1./s1. The fraction of sp³-hybridized carbons (Fsp3) is 0.545. The fourth-order valence-electron chi connectivity index (χ4n) is 4.94. The molecule has 9 heteroatoms. The van der Waals surface area contributed by atoms with Crippen LogP contribution in [0, 0.1) is 11.8 Å². The largest absolute Gasteiger partial charge is 0.477 e. The number of nitrogens with zero attached hydrogens (tertiary/aromatic N) is 1. The van der Waals surface area contributed by atoms with Gasteiger partial charge in [-0.05, 0) is 31.4 Å². The van der Waals surface area contributed by atoms with Gasteiger partial charge in [-0.25, -0.2) is 4.79 Å². The van der Waals surface area contributed by atoms with Crippen LogP contribution in [0.2, 0.25) is 0 Å². The smallest absolute Gasteiger partial charge is 0.353 e. The van der Waals surface area contributed by atoms with Gasteiger partial charge < -0.3 is 26.2 Å². The summed E-state index contributed by atoms with van der Waals surface area (Å²) in [6, 6.07) is 8.25. The maximum atomic E-state index is 12.5. The van der Waals surface area contributed by atoms with Gasteiger partial charge in [0.05, 0.1) is 18.1 Å². The number of aliphatic hydroxyl groups excluding tert-OH is 1. The molecule has 0 spiro atoms. The number of aliphatic hydroxyl groups is 1. The summed E-state index contributed by atoms with van der Waals surface area (Å²) in [4.78, 5) is 26.6. The Kier molecular flexibility index (Phi) is 7.08. The summed E-state index contributed by atoms with van der Waals surface area (Å²) in [5.41, 5.74) is 8.33. The zero-order valence-electron chi connectivity index (χ0n) is 17.8. The number of amides is 1. The highest BCUT2D eigenvalue weighted by Gasteiger charge is 2.60. The molecule has 1 amide bonds. The molecule has 0 bridgehead atoms. The van der Waals surface area contributed by atoms with Crippen LogP contribution in [-0.2, 0) is 9.59 Å². The molecule has 7 atom stereocenters. The number of aliphatic carboxylic acids is 1. The zero-order chi connectivity index (χ0) is 21.7. The van der Waals surface area contributed by atoms with Gasteiger partial charge in [0.2, 0.25) is 5.91 Å². The van der Waals surface area contributed by atoms with Crippen molar-refractivity contribution in [3.8, 4) is 0 Å². The number of nitrogens with two attached hydrogens (primary N) is 1. The van der Waals surface area contributed by atoms with Crippen LogP contribution in [0.3, 0.4) is 0 Å². The van der Waals surface area contributed by atoms with Gasteiger partial charge in [0.25, 0.3) is 0 Å². The molecular weight excluding hydrogens is 438 g/mol. The molecule has 170 valence electrons. The molecule has 2 saturated heterocycles. The molecule has 3 aliphatic heterocycles. The van der Waals surface area contributed by atoms with E-state index in [2.05, 4.69) is 29.6 Å².